The second-order valence-corrected chi connectivity index (χ2v) is 4.07. The van der Waals surface area contributed by atoms with Gasteiger partial charge < -0.3 is 9.84 Å². The Balaban J connectivity index is 1.86. The van der Waals surface area contributed by atoms with Crippen molar-refractivity contribution in [1.29, 1.82) is 0 Å². The molecular weight excluding hydrogens is 194 g/mol. The molecule has 0 aromatic carbocycles. The van der Waals surface area contributed by atoms with E-state index in [4.69, 9.17) is 9.84 Å². The highest BCUT2D eigenvalue weighted by Crippen LogP contribution is 2.25. The zero-order valence-electron chi connectivity index (χ0n) is 9.37. The van der Waals surface area contributed by atoms with Crippen LogP contribution in [0.5, 0.6) is 0 Å². The van der Waals surface area contributed by atoms with Gasteiger partial charge in [0.2, 0.25) is 0 Å². The molecule has 0 amide bonds. The van der Waals surface area contributed by atoms with E-state index >= 15 is 0 Å². The van der Waals surface area contributed by atoms with Crippen molar-refractivity contribution in [1.82, 2.24) is 5.32 Å². The molecule has 0 radical (unpaired) electrons. The molecule has 1 aliphatic heterocycles. The Morgan fingerprint density at radius 2 is 2.07 bits per heavy atom. The van der Waals surface area contributed by atoms with Gasteiger partial charge in [0.1, 0.15) is 6.23 Å². The first-order valence-corrected chi connectivity index (χ1v) is 5.84. The Hall–Kier alpha value is -0.610. The SMILES string of the molecule is CCCCCCCC1OC1NCC(=O)O. The lowest BCUT2D eigenvalue weighted by molar-refractivity contribution is -0.136. The quantitative estimate of drug-likeness (QED) is 0.454. The van der Waals surface area contributed by atoms with Crippen molar-refractivity contribution in [3.8, 4) is 0 Å². The minimum Gasteiger partial charge on any atom is -0.480 e. The molecule has 2 unspecified atom stereocenters. The molecule has 1 heterocycles. The van der Waals surface area contributed by atoms with Crippen LogP contribution in [0.2, 0.25) is 0 Å². The van der Waals surface area contributed by atoms with Crippen molar-refractivity contribution in [2.45, 2.75) is 57.8 Å². The van der Waals surface area contributed by atoms with Crippen molar-refractivity contribution in [2.24, 2.45) is 0 Å². The third-order valence-electron chi connectivity index (χ3n) is 2.63. The molecule has 4 heteroatoms. The van der Waals surface area contributed by atoms with Crippen molar-refractivity contribution in [3.63, 3.8) is 0 Å². The first-order chi connectivity index (χ1) is 7.24. The van der Waals surface area contributed by atoms with Gasteiger partial charge in [-0.1, -0.05) is 39.0 Å². The predicted molar refractivity (Wildman–Crippen MR) is 57.7 cm³/mol. The molecule has 0 spiro atoms. The Morgan fingerprint density at radius 3 is 2.73 bits per heavy atom. The summed E-state index contributed by atoms with van der Waals surface area (Å²) < 4.78 is 5.30. The fourth-order valence-electron chi connectivity index (χ4n) is 1.68. The van der Waals surface area contributed by atoms with E-state index in [0.29, 0.717) is 0 Å². The molecule has 1 aliphatic rings. The molecule has 0 aromatic heterocycles. The molecule has 1 saturated heterocycles. The van der Waals surface area contributed by atoms with Crippen LogP contribution in [-0.2, 0) is 9.53 Å². The number of carboxylic acids is 1. The van der Waals surface area contributed by atoms with Crippen LogP contribution in [0.4, 0.5) is 0 Å². The smallest absolute Gasteiger partial charge is 0.317 e. The van der Waals surface area contributed by atoms with Crippen LogP contribution in [0.25, 0.3) is 0 Å². The van der Waals surface area contributed by atoms with Crippen LogP contribution >= 0.6 is 0 Å². The van der Waals surface area contributed by atoms with Gasteiger partial charge in [-0.15, -0.1) is 0 Å². The second-order valence-electron chi connectivity index (χ2n) is 4.07. The van der Waals surface area contributed by atoms with E-state index < -0.39 is 5.97 Å². The molecule has 0 aromatic rings. The van der Waals surface area contributed by atoms with E-state index in [1.807, 2.05) is 0 Å². The van der Waals surface area contributed by atoms with Crippen LogP contribution in [0.15, 0.2) is 0 Å². The molecule has 0 aliphatic carbocycles. The summed E-state index contributed by atoms with van der Waals surface area (Å²) in [4.78, 5) is 10.3. The lowest BCUT2D eigenvalue weighted by Gasteiger charge is -1.98. The number of unbranched alkanes of at least 4 members (excludes halogenated alkanes) is 4. The first-order valence-electron chi connectivity index (χ1n) is 5.84. The van der Waals surface area contributed by atoms with Crippen LogP contribution in [0.3, 0.4) is 0 Å². The predicted octanol–water partition coefficient (Wildman–Crippen LogP) is 1.75. The van der Waals surface area contributed by atoms with Crippen molar-refractivity contribution < 1.29 is 14.6 Å². The summed E-state index contributed by atoms with van der Waals surface area (Å²) in [5, 5.41) is 11.3. The van der Waals surface area contributed by atoms with E-state index in [-0.39, 0.29) is 18.9 Å². The molecule has 1 fully saturated rings. The number of ether oxygens (including phenoxy) is 1. The van der Waals surface area contributed by atoms with Gasteiger partial charge in [-0.2, -0.15) is 0 Å². The van der Waals surface area contributed by atoms with Crippen LogP contribution in [0.1, 0.15) is 45.4 Å². The Bertz CT molecular complexity index is 196. The fourth-order valence-corrected chi connectivity index (χ4v) is 1.68. The molecule has 88 valence electrons. The summed E-state index contributed by atoms with van der Waals surface area (Å²) in [7, 11) is 0. The maximum Gasteiger partial charge on any atom is 0.317 e. The molecule has 2 atom stereocenters. The monoisotopic (exact) mass is 215 g/mol. The average molecular weight is 215 g/mol. The molecule has 2 N–H and O–H groups in total. The maximum atomic E-state index is 10.3. The van der Waals surface area contributed by atoms with E-state index in [0.717, 1.165) is 6.42 Å². The van der Waals surface area contributed by atoms with Gasteiger partial charge in [-0.3, -0.25) is 10.1 Å². The van der Waals surface area contributed by atoms with Gasteiger partial charge in [0, 0.05) is 0 Å². The third-order valence-corrected chi connectivity index (χ3v) is 2.63. The largest absolute Gasteiger partial charge is 0.480 e. The van der Waals surface area contributed by atoms with Crippen LogP contribution < -0.4 is 5.32 Å². The minimum atomic E-state index is -0.827. The van der Waals surface area contributed by atoms with Gasteiger partial charge in [-0.05, 0) is 6.42 Å². The fraction of sp³-hybridized carbons (Fsp3) is 0.909. The van der Waals surface area contributed by atoms with E-state index in [1.54, 1.807) is 0 Å². The van der Waals surface area contributed by atoms with Crippen molar-refractivity contribution in [2.75, 3.05) is 6.54 Å². The van der Waals surface area contributed by atoms with Gasteiger partial charge in [-0.25, -0.2) is 0 Å². The van der Waals surface area contributed by atoms with E-state index in [9.17, 15) is 4.79 Å². The number of aliphatic carboxylic acids is 1. The highest BCUT2D eigenvalue weighted by molar-refractivity contribution is 5.69. The molecule has 0 saturated carbocycles. The highest BCUT2D eigenvalue weighted by Gasteiger charge is 2.37. The number of hydrogen-bond donors (Lipinski definition) is 2. The van der Waals surface area contributed by atoms with Gasteiger partial charge >= 0.3 is 5.97 Å². The first kappa shape index (κ1) is 12.5. The van der Waals surface area contributed by atoms with Gasteiger partial charge in [0.05, 0.1) is 12.6 Å². The van der Waals surface area contributed by atoms with E-state index in [2.05, 4.69) is 12.2 Å². The number of carbonyl (C=O) groups is 1. The van der Waals surface area contributed by atoms with Gasteiger partial charge in [0.25, 0.3) is 0 Å². The number of hydrogen-bond acceptors (Lipinski definition) is 3. The summed E-state index contributed by atoms with van der Waals surface area (Å²) in [6.07, 6.45) is 7.64. The highest BCUT2D eigenvalue weighted by atomic mass is 16.6. The molecule has 4 nitrogen and oxygen atoms in total. The standard InChI is InChI=1S/C11H21NO3/c1-2-3-4-5-6-7-9-11(15-9)12-8-10(13)14/h9,11-12H,2-8H2,1H3,(H,13,14). The number of epoxide rings is 1. The summed E-state index contributed by atoms with van der Waals surface area (Å²) in [5.74, 6) is -0.827. The number of rotatable bonds is 9. The topological polar surface area (TPSA) is 61.9 Å². The maximum absolute atomic E-state index is 10.3. The van der Waals surface area contributed by atoms with Crippen LogP contribution in [-0.4, -0.2) is 30.0 Å². The lowest BCUT2D eigenvalue weighted by Crippen LogP contribution is -2.26. The summed E-state index contributed by atoms with van der Waals surface area (Å²) >= 11 is 0. The summed E-state index contributed by atoms with van der Waals surface area (Å²) in [5.41, 5.74) is 0. The van der Waals surface area contributed by atoms with Gasteiger partial charge in [0.15, 0.2) is 0 Å². The Kier molecular flexibility index (Phi) is 5.65. The Labute approximate surface area is 91.0 Å². The summed E-state index contributed by atoms with van der Waals surface area (Å²) in [6, 6.07) is 0. The molecule has 1 rings (SSSR count). The van der Waals surface area contributed by atoms with Crippen molar-refractivity contribution in [3.05, 3.63) is 0 Å². The Morgan fingerprint density at radius 1 is 1.33 bits per heavy atom. The summed E-state index contributed by atoms with van der Waals surface area (Å²) in [6.45, 7) is 2.20. The second kappa shape index (κ2) is 6.80. The van der Waals surface area contributed by atoms with Crippen LogP contribution in [0, 0.1) is 0 Å². The zero-order valence-corrected chi connectivity index (χ0v) is 9.37. The van der Waals surface area contributed by atoms with E-state index in [1.165, 1.54) is 32.1 Å². The number of carboxylic acid groups (broad SMARTS) is 1. The van der Waals surface area contributed by atoms with Crippen molar-refractivity contribution >= 4 is 5.97 Å². The average Bonchev–Trinajstić information content (AvgIpc) is 2.93. The lowest BCUT2D eigenvalue weighted by atomic mass is 10.1. The molecule has 15 heavy (non-hydrogen) atoms. The molecular formula is C11H21NO3. The normalized spacial score (nSPS) is 24.1. The molecule has 0 bridgehead atoms. The third kappa shape index (κ3) is 5.74. The number of nitrogens with one attached hydrogen (secondary N) is 1. The zero-order chi connectivity index (χ0) is 11.1. The minimum absolute atomic E-state index is 0.00297.